The van der Waals surface area contributed by atoms with Gasteiger partial charge in [-0.1, -0.05) is 6.92 Å². The second-order valence-electron chi connectivity index (χ2n) is 3.36. The molecule has 0 saturated carbocycles. The Morgan fingerprint density at radius 1 is 1.57 bits per heavy atom. The number of Topliss-reactive ketones (excluding diaryl/α,β-unsaturated/α-hetero) is 1. The molecule has 0 aromatic carbocycles. The maximum Gasteiger partial charge on any atom is 0.197 e. The van der Waals surface area contributed by atoms with E-state index in [1.54, 1.807) is 6.07 Å². The number of furan rings is 1. The Kier molecular flexibility index (Phi) is 3.47. The van der Waals surface area contributed by atoms with Crippen molar-refractivity contribution in [3.05, 3.63) is 24.2 Å². The lowest BCUT2D eigenvalue weighted by atomic mass is 9.93. The largest absolute Gasteiger partial charge is 0.472 e. The van der Waals surface area contributed by atoms with Crippen LogP contribution in [0, 0.1) is 0 Å². The highest BCUT2D eigenvalue weighted by molar-refractivity contribution is 6.01. The first-order valence-corrected chi connectivity index (χ1v) is 4.85. The number of carbonyl (C=O) groups is 1. The molecule has 0 fully saturated rings. The van der Waals surface area contributed by atoms with E-state index in [-0.39, 0.29) is 5.78 Å². The first-order valence-electron chi connectivity index (χ1n) is 4.85. The van der Waals surface area contributed by atoms with E-state index in [1.807, 2.05) is 20.8 Å². The third-order valence-corrected chi connectivity index (χ3v) is 2.40. The second kappa shape index (κ2) is 4.42. The normalized spacial score (nSPS) is 15.1. The molecule has 1 atom stereocenters. The summed E-state index contributed by atoms with van der Waals surface area (Å²) in [6, 6.07) is 1.66. The summed E-state index contributed by atoms with van der Waals surface area (Å²) in [5.41, 5.74) is -0.152. The highest BCUT2D eigenvalue weighted by atomic mass is 16.5. The van der Waals surface area contributed by atoms with Crippen LogP contribution in [0.4, 0.5) is 0 Å². The summed E-state index contributed by atoms with van der Waals surface area (Å²) in [6.45, 7) is 6.17. The van der Waals surface area contributed by atoms with E-state index in [2.05, 4.69) is 0 Å². The van der Waals surface area contributed by atoms with Crippen molar-refractivity contribution < 1.29 is 13.9 Å². The number of carbonyl (C=O) groups excluding carboxylic acids is 1. The lowest BCUT2D eigenvalue weighted by Gasteiger charge is -2.25. The van der Waals surface area contributed by atoms with Gasteiger partial charge in [-0.2, -0.15) is 0 Å². The smallest absolute Gasteiger partial charge is 0.197 e. The van der Waals surface area contributed by atoms with Gasteiger partial charge in [0, 0.05) is 6.61 Å². The Hall–Kier alpha value is -1.09. The van der Waals surface area contributed by atoms with Gasteiger partial charge in [0.25, 0.3) is 0 Å². The predicted molar refractivity (Wildman–Crippen MR) is 53.4 cm³/mol. The molecule has 0 spiro atoms. The molecular weight excluding hydrogens is 180 g/mol. The molecule has 0 radical (unpaired) electrons. The zero-order chi connectivity index (χ0) is 10.6. The molecule has 0 bridgehead atoms. The summed E-state index contributed by atoms with van der Waals surface area (Å²) < 4.78 is 10.4. The van der Waals surface area contributed by atoms with Crippen LogP contribution >= 0.6 is 0 Å². The molecule has 3 heteroatoms. The van der Waals surface area contributed by atoms with Crippen LogP contribution < -0.4 is 0 Å². The van der Waals surface area contributed by atoms with Crippen molar-refractivity contribution in [2.75, 3.05) is 6.61 Å². The summed E-state index contributed by atoms with van der Waals surface area (Å²) in [5.74, 6) is -0.0180. The van der Waals surface area contributed by atoms with Crippen LogP contribution in [0.25, 0.3) is 0 Å². The Balaban J connectivity index is 2.85. The fourth-order valence-electron chi connectivity index (χ4n) is 1.35. The van der Waals surface area contributed by atoms with Gasteiger partial charge in [0.15, 0.2) is 5.78 Å². The molecular formula is C11H16O3. The standard InChI is InChI=1S/C11H16O3/c1-4-11(3,14-5-2)10(12)9-6-7-13-8-9/h6-8H,4-5H2,1-3H3. The molecule has 78 valence electrons. The summed E-state index contributed by atoms with van der Waals surface area (Å²) in [4.78, 5) is 12.0. The fourth-order valence-corrected chi connectivity index (χ4v) is 1.35. The van der Waals surface area contributed by atoms with Gasteiger partial charge in [0.1, 0.15) is 11.9 Å². The van der Waals surface area contributed by atoms with Gasteiger partial charge in [-0.3, -0.25) is 4.79 Å². The minimum atomic E-state index is -0.724. The Morgan fingerprint density at radius 2 is 2.29 bits per heavy atom. The summed E-state index contributed by atoms with van der Waals surface area (Å²) >= 11 is 0. The molecule has 0 N–H and O–H groups in total. The van der Waals surface area contributed by atoms with Crippen molar-refractivity contribution in [3.63, 3.8) is 0 Å². The van der Waals surface area contributed by atoms with Crippen molar-refractivity contribution in [1.29, 1.82) is 0 Å². The molecule has 0 saturated heterocycles. The van der Waals surface area contributed by atoms with Gasteiger partial charge in [0.2, 0.25) is 0 Å². The number of ether oxygens (including phenoxy) is 1. The summed E-state index contributed by atoms with van der Waals surface area (Å²) in [6.07, 6.45) is 3.61. The maximum absolute atomic E-state index is 12.0. The zero-order valence-electron chi connectivity index (χ0n) is 8.87. The number of hydrogen-bond donors (Lipinski definition) is 0. The van der Waals surface area contributed by atoms with Crippen LogP contribution in [-0.4, -0.2) is 18.0 Å². The summed E-state index contributed by atoms with van der Waals surface area (Å²) in [7, 11) is 0. The van der Waals surface area contributed by atoms with Crippen molar-refractivity contribution in [1.82, 2.24) is 0 Å². The Bertz CT molecular complexity index is 289. The lowest BCUT2D eigenvalue weighted by Crippen LogP contribution is -2.37. The van der Waals surface area contributed by atoms with E-state index < -0.39 is 5.60 Å². The number of hydrogen-bond acceptors (Lipinski definition) is 3. The molecule has 0 aliphatic rings. The van der Waals surface area contributed by atoms with Crippen LogP contribution in [0.3, 0.4) is 0 Å². The minimum Gasteiger partial charge on any atom is -0.472 e. The minimum absolute atomic E-state index is 0.0180. The van der Waals surface area contributed by atoms with E-state index in [0.717, 1.165) is 0 Å². The van der Waals surface area contributed by atoms with Gasteiger partial charge >= 0.3 is 0 Å². The molecule has 0 aliphatic carbocycles. The highest BCUT2D eigenvalue weighted by Gasteiger charge is 2.33. The van der Waals surface area contributed by atoms with E-state index in [1.165, 1.54) is 12.5 Å². The quantitative estimate of drug-likeness (QED) is 0.679. The molecule has 3 nitrogen and oxygen atoms in total. The third-order valence-electron chi connectivity index (χ3n) is 2.40. The highest BCUT2D eigenvalue weighted by Crippen LogP contribution is 2.21. The molecule has 1 aromatic heterocycles. The molecule has 1 heterocycles. The average molecular weight is 196 g/mol. The fraction of sp³-hybridized carbons (Fsp3) is 0.545. The Labute approximate surface area is 84.1 Å². The first-order chi connectivity index (χ1) is 6.64. The van der Waals surface area contributed by atoms with Crippen molar-refractivity contribution in [3.8, 4) is 0 Å². The van der Waals surface area contributed by atoms with Gasteiger partial charge in [-0.25, -0.2) is 0 Å². The van der Waals surface area contributed by atoms with E-state index in [0.29, 0.717) is 18.6 Å². The van der Waals surface area contributed by atoms with Crippen molar-refractivity contribution in [2.45, 2.75) is 32.8 Å². The molecule has 14 heavy (non-hydrogen) atoms. The molecule has 0 amide bonds. The van der Waals surface area contributed by atoms with Gasteiger partial charge in [-0.15, -0.1) is 0 Å². The number of rotatable bonds is 5. The molecule has 1 aromatic rings. The number of ketones is 1. The SMILES string of the molecule is CCOC(C)(CC)C(=O)c1ccoc1. The molecule has 1 unspecified atom stereocenters. The van der Waals surface area contributed by atoms with Crippen LogP contribution in [0.2, 0.25) is 0 Å². The third kappa shape index (κ3) is 2.04. The monoisotopic (exact) mass is 196 g/mol. The van der Waals surface area contributed by atoms with E-state index >= 15 is 0 Å². The zero-order valence-corrected chi connectivity index (χ0v) is 8.87. The van der Waals surface area contributed by atoms with Gasteiger partial charge in [-0.05, 0) is 26.3 Å². The second-order valence-corrected chi connectivity index (χ2v) is 3.36. The van der Waals surface area contributed by atoms with Gasteiger partial charge < -0.3 is 9.15 Å². The van der Waals surface area contributed by atoms with E-state index in [9.17, 15) is 4.79 Å². The summed E-state index contributed by atoms with van der Waals surface area (Å²) in [5, 5.41) is 0. The lowest BCUT2D eigenvalue weighted by molar-refractivity contribution is -0.0116. The molecule has 1 rings (SSSR count). The predicted octanol–water partition coefficient (Wildman–Crippen LogP) is 2.67. The van der Waals surface area contributed by atoms with Crippen LogP contribution in [0.5, 0.6) is 0 Å². The average Bonchev–Trinajstić information content (AvgIpc) is 2.69. The maximum atomic E-state index is 12.0. The van der Waals surface area contributed by atoms with Crippen LogP contribution in [0.15, 0.2) is 23.0 Å². The van der Waals surface area contributed by atoms with Crippen LogP contribution in [0.1, 0.15) is 37.6 Å². The van der Waals surface area contributed by atoms with Crippen molar-refractivity contribution in [2.24, 2.45) is 0 Å². The molecule has 0 aliphatic heterocycles. The van der Waals surface area contributed by atoms with E-state index in [4.69, 9.17) is 9.15 Å². The van der Waals surface area contributed by atoms with Gasteiger partial charge in [0.05, 0.1) is 11.8 Å². The topological polar surface area (TPSA) is 39.4 Å². The Morgan fingerprint density at radius 3 is 2.71 bits per heavy atom. The van der Waals surface area contributed by atoms with Crippen molar-refractivity contribution >= 4 is 5.78 Å². The first kappa shape index (κ1) is 11.0. The van der Waals surface area contributed by atoms with Crippen LogP contribution in [-0.2, 0) is 4.74 Å².